The first-order chi connectivity index (χ1) is 13.8. The lowest BCUT2D eigenvalue weighted by Crippen LogP contribution is -2.22. The number of rotatable bonds is 5. The molecule has 5 nitrogen and oxygen atoms in total. The van der Waals surface area contributed by atoms with Gasteiger partial charge in [-0.3, -0.25) is 15.7 Å². The largest absolute Gasteiger partial charge is 0.439 e. The van der Waals surface area contributed by atoms with E-state index in [0.717, 1.165) is 23.2 Å². The second-order valence-electron chi connectivity index (χ2n) is 7.30. The maximum atomic E-state index is 9.47. The first-order valence-electron chi connectivity index (χ1n) is 9.89. The molecule has 1 heterocycles. The van der Waals surface area contributed by atoms with Gasteiger partial charge in [-0.25, -0.2) is 4.98 Å². The molecule has 0 spiro atoms. The monoisotopic (exact) mass is 375 g/mol. The number of pyridine rings is 1. The van der Waals surface area contributed by atoms with Gasteiger partial charge in [0.25, 0.3) is 0 Å². The lowest BCUT2D eigenvalue weighted by atomic mass is 9.89. The van der Waals surface area contributed by atoms with Crippen LogP contribution in [0, 0.1) is 5.92 Å². The van der Waals surface area contributed by atoms with Crippen LogP contribution in [0.15, 0.2) is 65.8 Å². The molecule has 0 saturated heterocycles. The summed E-state index contributed by atoms with van der Waals surface area (Å²) in [7, 11) is 0. The molecule has 144 valence electrons. The van der Waals surface area contributed by atoms with Gasteiger partial charge in [-0.2, -0.15) is 0 Å². The van der Waals surface area contributed by atoms with Crippen LogP contribution in [-0.4, -0.2) is 22.6 Å². The van der Waals surface area contributed by atoms with Crippen molar-refractivity contribution in [1.82, 2.24) is 10.5 Å². The van der Waals surface area contributed by atoms with Crippen LogP contribution in [0.5, 0.6) is 11.6 Å². The molecule has 0 bridgehead atoms. The van der Waals surface area contributed by atoms with E-state index in [1.807, 2.05) is 36.4 Å². The topological polar surface area (TPSA) is 66.7 Å². The Morgan fingerprint density at radius 2 is 1.86 bits per heavy atom. The molecule has 28 heavy (non-hydrogen) atoms. The third-order valence-electron chi connectivity index (χ3n) is 5.29. The van der Waals surface area contributed by atoms with E-state index in [1.165, 1.54) is 37.5 Å². The maximum Gasteiger partial charge on any atom is 0.219 e. The van der Waals surface area contributed by atoms with Gasteiger partial charge in [-0.15, -0.1) is 0 Å². The molecule has 0 amide bonds. The van der Waals surface area contributed by atoms with Crippen molar-refractivity contribution in [3.05, 3.63) is 66.4 Å². The Morgan fingerprint density at radius 1 is 1.04 bits per heavy atom. The zero-order valence-corrected chi connectivity index (χ0v) is 15.8. The molecule has 1 fully saturated rings. The van der Waals surface area contributed by atoms with Crippen molar-refractivity contribution < 1.29 is 9.94 Å². The quantitative estimate of drug-likeness (QED) is 0.359. The summed E-state index contributed by atoms with van der Waals surface area (Å²) in [6.45, 7) is 0.734. The highest BCUT2D eigenvalue weighted by molar-refractivity contribution is 5.97. The van der Waals surface area contributed by atoms with Gasteiger partial charge in [0, 0.05) is 24.4 Å². The fraction of sp³-hybridized carbons (Fsp3) is 0.304. The first-order valence-corrected chi connectivity index (χ1v) is 9.89. The molecule has 1 aliphatic rings. The molecular weight excluding hydrogens is 350 g/mol. The summed E-state index contributed by atoms with van der Waals surface area (Å²) >= 11 is 0. The lowest BCUT2D eigenvalue weighted by molar-refractivity contribution is 0.234. The average Bonchev–Trinajstić information content (AvgIpc) is 2.76. The van der Waals surface area contributed by atoms with Crippen molar-refractivity contribution in [2.75, 3.05) is 6.54 Å². The predicted octanol–water partition coefficient (Wildman–Crippen LogP) is 5.33. The fourth-order valence-corrected chi connectivity index (χ4v) is 3.71. The first kappa shape index (κ1) is 18.4. The summed E-state index contributed by atoms with van der Waals surface area (Å²) in [5, 5.41) is 11.8. The number of nitrogens with zero attached hydrogens (tertiary/aromatic N) is 2. The van der Waals surface area contributed by atoms with Crippen LogP contribution in [0.4, 0.5) is 0 Å². The Kier molecular flexibility index (Phi) is 5.83. The Balaban J connectivity index is 1.44. The molecule has 1 saturated carbocycles. The van der Waals surface area contributed by atoms with E-state index in [9.17, 15) is 5.21 Å². The summed E-state index contributed by atoms with van der Waals surface area (Å²) in [6, 6.07) is 17.8. The number of hydrogen-bond donors (Lipinski definition) is 2. The van der Waals surface area contributed by atoms with E-state index < -0.39 is 0 Å². The Bertz CT molecular complexity index is 947. The van der Waals surface area contributed by atoms with Crippen LogP contribution in [0.3, 0.4) is 0 Å². The van der Waals surface area contributed by atoms with Crippen molar-refractivity contribution in [1.29, 1.82) is 0 Å². The molecule has 4 rings (SSSR count). The predicted molar refractivity (Wildman–Crippen MR) is 111 cm³/mol. The number of ether oxygens (including phenoxy) is 1. The molecule has 0 radical (unpaired) electrons. The maximum absolute atomic E-state index is 9.47. The molecule has 0 aliphatic heterocycles. The highest BCUT2D eigenvalue weighted by Gasteiger charge is 2.13. The average molecular weight is 375 g/mol. The second kappa shape index (κ2) is 8.85. The van der Waals surface area contributed by atoms with Crippen molar-refractivity contribution in [3.8, 4) is 11.6 Å². The third kappa shape index (κ3) is 4.49. The molecule has 1 aromatic heterocycles. The minimum absolute atomic E-state index is 0.454. The van der Waals surface area contributed by atoms with E-state index in [4.69, 9.17) is 4.74 Å². The van der Waals surface area contributed by atoms with Crippen molar-refractivity contribution in [2.45, 2.75) is 32.1 Å². The number of aromatic nitrogens is 1. The van der Waals surface area contributed by atoms with Crippen LogP contribution in [0.25, 0.3) is 10.8 Å². The number of aliphatic imine (C=N–C) groups is 1. The minimum atomic E-state index is 0.454. The minimum Gasteiger partial charge on any atom is -0.439 e. The Morgan fingerprint density at radius 3 is 2.61 bits per heavy atom. The van der Waals surface area contributed by atoms with Gasteiger partial charge in [0.1, 0.15) is 5.75 Å². The molecule has 0 unspecified atom stereocenters. The number of hydroxylamine groups is 1. The fourth-order valence-electron chi connectivity index (χ4n) is 3.71. The Labute approximate surface area is 165 Å². The summed E-state index contributed by atoms with van der Waals surface area (Å²) in [5.74, 6) is 2.31. The van der Waals surface area contributed by atoms with Crippen LogP contribution >= 0.6 is 0 Å². The van der Waals surface area contributed by atoms with E-state index in [-0.39, 0.29) is 0 Å². The van der Waals surface area contributed by atoms with Gasteiger partial charge in [0.05, 0.1) is 0 Å². The van der Waals surface area contributed by atoms with E-state index in [2.05, 4.69) is 27.6 Å². The van der Waals surface area contributed by atoms with Crippen LogP contribution < -0.4 is 10.2 Å². The van der Waals surface area contributed by atoms with Gasteiger partial charge >= 0.3 is 0 Å². The standard InChI is InChI=1S/C23H25N3O2/c27-26-23(25-15-17-6-2-1-3-7-17)20-11-13-22(24-16-20)28-21-12-10-18-8-4-5-9-19(18)14-21/h4-5,8-14,16-17,27H,1-3,6-7,15H2,(H,25,26). The third-order valence-corrected chi connectivity index (χ3v) is 5.29. The zero-order valence-electron chi connectivity index (χ0n) is 15.8. The van der Waals surface area contributed by atoms with Crippen molar-refractivity contribution in [3.63, 3.8) is 0 Å². The van der Waals surface area contributed by atoms with E-state index in [1.54, 1.807) is 12.3 Å². The van der Waals surface area contributed by atoms with Crippen LogP contribution in [0.1, 0.15) is 37.7 Å². The molecule has 2 N–H and O–H groups in total. The second-order valence-corrected chi connectivity index (χ2v) is 7.30. The molecule has 3 aromatic rings. The number of nitrogens with one attached hydrogen (secondary N) is 1. The van der Waals surface area contributed by atoms with Crippen LogP contribution in [-0.2, 0) is 0 Å². The van der Waals surface area contributed by atoms with Gasteiger partial charge in [0.15, 0.2) is 5.84 Å². The summed E-state index contributed by atoms with van der Waals surface area (Å²) < 4.78 is 5.88. The van der Waals surface area contributed by atoms with Crippen LogP contribution in [0.2, 0.25) is 0 Å². The number of benzene rings is 2. The Hall–Kier alpha value is -2.92. The smallest absolute Gasteiger partial charge is 0.219 e. The number of fused-ring (bicyclic) bond motifs is 1. The van der Waals surface area contributed by atoms with E-state index >= 15 is 0 Å². The van der Waals surface area contributed by atoms with Gasteiger partial charge in [-0.1, -0.05) is 49.6 Å². The SMILES string of the molecule is ONC(=NCC1CCCCC1)c1ccc(Oc2ccc3ccccc3c2)nc1. The van der Waals surface area contributed by atoms with Gasteiger partial charge < -0.3 is 4.74 Å². The lowest BCUT2D eigenvalue weighted by Gasteiger charge is -2.19. The normalized spacial score (nSPS) is 15.5. The summed E-state index contributed by atoms with van der Waals surface area (Å²) in [4.78, 5) is 8.92. The van der Waals surface area contributed by atoms with Crippen molar-refractivity contribution in [2.24, 2.45) is 10.9 Å². The van der Waals surface area contributed by atoms with Gasteiger partial charge in [0.2, 0.25) is 5.88 Å². The molecule has 2 aromatic carbocycles. The molecule has 1 aliphatic carbocycles. The van der Waals surface area contributed by atoms with Crippen molar-refractivity contribution >= 4 is 16.6 Å². The molecule has 5 heteroatoms. The highest BCUT2D eigenvalue weighted by Crippen LogP contribution is 2.25. The van der Waals surface area contributed by atoms with E-state index in [0.29, 0.717) is 17.6 Å². The molecular formula is C23H25N3O2. The summed E-state index contributed by atoms with van der Waals surface area (Å²) in [6.07, 6.45) is 8.00. The number of hydrogen-bond acceptors (Lipinski definition) is 4. The highest BCUT2D eigenvalue weighted by atomic mass is 16.5. The zero-order chi connectivity index (χ0) is 19.2. The number of amidine groups is 1. The van der Waals surface area contributed by atoms with Gasteiger partial charge in [-0.05, 0) is 47.7 Å². The molecule has 0 atom stereocenters. The summed E-state index contributed by atoms with van der Waals surface area (Å²) in [5.41, 5.74) is 2.96.